The molecule has 0 aliphatic heterocycles. The Morgan fingerprint density at radius 3 is 2.32 bits per heavy atom. The molecule has 0 radical (unpaired) electrons. The van der Waals surface area contributed by atoms with E-state index in [1.165, 1.54) is 0 Å². The minimum atomic E-state index is -0.656. The largest absolute Gasteiger partial charge is 0.483 e. The average Bonchev–Trinajstić information content (AvgIpc) is 2.90. The number of amides is 2. The lowest BCUT2D eigenvalue weighted by Gasteiger charge is -2.31. The predicted molar refractivity (Wildman–Crippen MR) is 150 cm³/mol. The van der Waals surface area contributed by atoms with Crippen LogP contribution in [-0.4, -0.2) is 35.9 Å². The number of carbonyl (C=O) groups excluding carboxylic acids is 2. The molecule has 0 bridgehead atoms. The van der Waals surface area contributed by atoms with E-state index in [0.29, 0.717) is 25.3 Å². The van der Waals surface area contributed by atoms with Gasteiger partial charge >= 0.3 is 0 Å². The number of hydrogen-bond donors (Lipinski definition) is 1. The first-order valence-corrected chi connectivity index (χ1v) is 13.3. The van der Waals surface area contributed by atoms with E-state index < -0.39 is 6.04 Å². The third-order valence-electron chi connectivity index (χ3n) is 6.43. The third kappa shape index (κ3) is 8.49. The minimum absolute atomic E-state index is 0.136. The number of para-hydroxylation sites is 1. The highest BCUT2D eigenvalue weighted by atomic mass is 16.5. The van der Waals surface area contributed by atoms with Gasteiger partial charge in [0.05, 0.1) is 0 Å². The first-order valence-electron chi connectivity index (χ1n) is 13.3. The van der Waals surface area contributed by atoms with E-state index in [-0.39, 0.29) is 24.3 Å². The molecule has 0 heterocycles. The van der Waals surface area contributed by atoms with Gasteiger partial charge in [0, 0.05) is 19.5 Å². The smallest absolute Gasteiger partial charge is 0.261 e. The fourth-order valence-electron chi connectivity index (χ4n) is 4.38. The molecule has 0 saturated carbocycles. The molecule has 3 aromatic carbocycles. The molecule has 3 aromatic rings. The lowest BCUT2D eigenvalue weighted by Crippen LogP contribution is -2.51. The molecule has 1 unspecified atom stereocenters. The standard InChI is InChI=1S/C32H40N2O3/c1-5-6-19-33-32(36)29(21-26-14-8-7-9-15-26)34(22-27-16-12-13-25(4)20-27)31(35)23-37-30-18-11-10-17-28(30)24(2)3/h7-18,20,24,29H,5-6,19,21-23H2,1-4H3,(H,33,36). The predicted octanol–water partition coefficient (Wildman–Crippen LogP) is 6.05. The van der Waals surface area contributed by atoms with Crippen LogP contribution in [-0.2, 0) is 22.6 Å². The molecule has 0 saturated heterocycles. The Labute approximate surface area is 221 Å². The molecule has 1 N–H and O–H groups in total. The van der Waals surface area contributed by atoms with Crippen molar-refractivity contribution in [1.29, 1.82) is 0 Å². The van der Waals surface area contributed by atoms with E-state index in [2.05, 4.69) is 32.2 Å². The maximum Gasteiger partial charge on any atom is 0.261 e. The second-order valence-electron chi connectivity index (χ2n) is 9.84. The Bertz CT molecular complexity index is 1140. The number of benzene rings is 3. The number of rotatable bonds is 13. The van der Waals surface area contributed by atoms with E-state index in [0.717, 1.165) is 35.1 Å². The number of unbranched alkanes of at least 4 members (excludes halogenated alkanes) is 1. The summed E-state index contributed by atoms with van der Waals surface area (Å²) in [5, 5.41) is 3.06. The molecule has 5 nitrogen and oxygen atoms in total. The lowest BCUT2D eigenvalue weighted by atomic mass is 10.0. The number of carbonyl (C=O) groups is 2. The number of nitrogens with one attached hydrogen (secondary N) is 1. The highest BCUT2D eigenvalue weighted by molar-refractivity contribution is 5.88. The maximum atomic E-state index is 13.8. The molecule has 3 rings (SSSR count). The van der Waals surface area contributed by atoms with Crippen LogP contribution in [0.25, 0.3) is 0 Å². The molecule has 196 valence electrons. The summed E-state index contributed by atoms with van der Waals surface area (Å²) in [4.78, 5) is 29.0. The first kappa shape index (κ1) is 28.0. The summed E-state index contributed by atoms with van der Waals surface area (Å²) in [7, 11) is 0. The minimum Gasteiger partial charge on any atom is -0.483 e. The topological polar surface area (TPSA) is 58.6 Å². The summed E-state index contributed by atoms with van der Waals surface area (Å²) in [6.07, 6.45) is 2.31. The number of ether oxygens (including phenoxy) is 1. The van der Waals surface area contributed by atoms with Gasteiger partial charge in [-0.25, -0.2) is 0 Å². The van der Waals surface area contributed by atoms with Gasteiger partial charge in [-0.15, -0.1) is 0 Å². The zero-order chi connectivity index (χ0) is 26.6. The summed E-state index contributed by atoms with van der Waals surface area (Å²) in [6, 6.07) is 25.1. The Hall–Kier alpha value is -3.60. The fourth-order valence-corrected chi connectivity index (χ4v) is 4.38. The lowest BCUT2D eigenvalue weighted by molar-refractivity contribution is -0.142. The van der Waals surface area contributed by atoms with Gasteiger partial charge in [-0.3, -0.25) is 9.59 Å². The summed E-state index contributed by atoms with van der Waals surface area (Å²) in [6.45, 7) is 9.10. The average molecular weight is 501 g/mol. The molecule has 2 amide bonds. The van der Waals surface area contributed by atoms with Crippen LogP contribution in [0.3, 0.4) is 0 Å². The fraction of sp³-hybridized carbons (Fsp3) is 0.375. The molecule has 5 heteroatoms. The Balaban J connectivity index is 1.91. The molecule has 1 atom stereocenters. The van der Waals surface area contributed by atoms with Crippen LogP contribution in [0.15, 0.2) is 78.9 Å². The monoisotopic (exact) mass is 500 g/mol. The molecule has 0 aromatic heterocycles. The zero-order valence-electron chi connectivity index (χ0n) is 22.6. The maximum absolute atomic E-state index is 13.8. The molecule has 0 fully saturated rings. The zero-order valence-corrected chi connectivity index (χ0v) is 22.6. The highest BCUT2D eigenvalue weighted by Gasteiger charge is 2.30. The first-order chi connectivity index (χ1) is 17.9. The number of aryl methyl sites for hydroxylation is 1. The van der Waals surface area contributed by atoms with Gasteiger partial charge in [0.1, 0.15) is 11.8 Å². The Morgan fingerprint density at radius 2 is 1.62 bits per heavy atom. The van der Waals surface area contributed by atoms with Crippen LogP contribution >= 0.6 is 0 Å². The van der Waals surface area contributed by atoms with Crippen LogP contribution in [0, 0.1) is 6.92 Å². The van der Waals surface area contributed by atoms with E-state index in [1.54, 1.807) is 4.90 Å². The molecular weight excluding hydrogens is 460 g/mol. The van der Waals surface area contributed by atoms with Crippen molar-refractivity contribution < 1.29 is 14.3 Å². The molecule has 37 heavy (non-hydrogen) atoms. The van der Waals surface area contributed by atoms with E-state index in [4.69, 9.17) is 4.74 Å². The van der Waals surface area contributed by atoms with Crippen molar-refractivity contribution in [3.8, 4) is 5.75 Å². The van der Waals surface area contributed by atoms with Crippen molar-refractivity contribution in [3.05, 3.63) is 101 Å². The van der Waals surface area contributed by atoms with Gasteiger partial charge in [-0.1, -0.05) is 106 Å². The van der Waals surface area contributed by atoms with Gasteiger partial charge in [0.2, 0.25) is 5.91 Å². The van der Waals surface area contributed by atoms with E-state index in [9.17, 15) is 9.59 Å². The Morgan fingerprint density at radius 1 is 0.919 bits per heavy atom. The van der Waals surface area contributed by atoms with E-state index >= 15 is 0 Å². The van der Waals surface area contributed by atoms with E-state index in [1.807, 2.05) is 79.7 Å². The molecular formula is C32H40N2O3. The summed E-state index contributed by atoms with van der Waals surface area (Å²) >= 11 is 0. The van der Waals surface area contributed by atoms with Crippen molar-refractivity contribution in [1.82, 2.24) is 10.2 Å². The van der Waals surface area contributed by atoms with Gasteiger partial charge in [0.25, 0.3) is 5.91 Å². The molecule has 0 aliphatic carbocycles. The van der Waals surface area contributed by atoms with Crippen LogP contribution in [0.4, 0.5) is 0 Å². The van der Waals surface area contributed by atoms with Gasteiger partial charge < -0.3 is 15.0 Å². The summed E-state index contributed by atoms with van der Waals surface area (Å²) in [5.41, 5.74) is 4.15. The second kappa shape index (κ2) is 14.2. The van der Waals surface area contributed by atoms with Crippen molar-refractivity contribution >= 4 is 11.8 Å². The second-order valence-corrected chi connectivity index (χ2v) is 9.84. The number of hydrogen-bond acceptors (Lipinski definition) is 3. The quantitative estimate of drug-likeness (QED) is 0.291. The van der Waals surface area contributed by atoms with Crippen molar-refractivity contribution in [3.63, 3.8) is 0 Å². The van der Waals surface area contributed by atoms with Crippen LogP contribution in [0.2, 0.25) is 0 Å². The highest BCUT2D eigenvalue weighted by Crippen LogP contribution is 2.26. The van der Waals surface area contributed by atoms with Gasteiger partial charge in [0.15, 0.2) is 6.61 Å². The molecule has 0 aliphatic rings. The SMILES string of the molecule is CCCCNC(=O)C(Cc1ccccc1)N(Cc1cccc(C)c1)C(=O)COc1ccccc1C(C)C. The van der Waals surface area contributed by atoms with Crippen LogP contribution < -0.4 is 10.1 Å². The van der Waals surface area contributed by atoms with Gasteiger partial charge in [-0.05, 0) is 42.0 Å². The molecule has 0 spiro atoms. The summed E-state index contributed by atoms with van der Waals surface area (Å²) < 4.78 is 6.06. The normalized spacial score (nSPS) is 11.7. The number of nitrogens with zero attached hydrogens (tertiary/aromatic N) is 1. The Kier molecular flexibility index (Phi) is 10.8. The van der Waals surface area contributed by atoms with Crippen molar-refractivity contribution in [2.24, 2.45) is 0 Å². The van der Waals surface area contributed by atoms with Gasteiger partial charge in [-0.2, -0.15) is 0 Å². The van der Waals surface area contributed by atoms with Crippen molar-refractivity contribution in [2.45, 2.75) is 65.5 Å². The van der Waals surface area contributed by atoms with Crippen LogP contribution in [0.5, 0.6) is 5.75 Å². The summed E-state index contributed by atoms with van der Waals surface area (Å²) in [5.74, 6) is 0.616. The third-order valence-corrected chi connectivity index (χ3v) is 6.43. The van der Waals surface area contributed by atoms with Crippen molar-refractivity contribution in [2.75, 3.05) is 13.2 Å². The van der Waals surface area contributed by atoms with Crippen LogP contribution in [0.1, 0.15) is 61.8 Å².